The summed E-state index contributed by atoms with van der Waals surface area (Å²) in [6, 6.07) is 5.84. The van der Waals surface area contributed by atoms with Crippen LogP contribution < -0.4 is 9.47 Å². The predicted molar refractivity (Wildman–Crippen MR) is 73.4 cm³/mol. The number of aryl methyl sites for hydroxylation is 1. The molecule has 0 saturated heterocycles. The molecule has 1 aromatic heterocycles. The molecule has 0 aliphatic carbocycles. The van der Waals surface area contributed by atoms with Crippen LogP contribution in [0.1, 0.15) is 17.1 Å². The van der Waals surface area contributed by atoms with Gasteiger partial charge in [0.15, 0.2) is 0 Å². The van der Waals surface area contributed by atoms with E-state index in [0.717, 1.165) is 39.6 Å². The molecule has 18 heavy (non-hydrogen) atoms. The van der Waals surface area contributed by atoms with E-state index in [2.05, 4.69) is 25.9 Å². The molecule has 0 saturated carbocycles. The van der Waals surface area contributed by atoms with Gasteiger partial charge in [0.05, 0.1) is 19.9 Å². The molecule has 0 atom stereocenters. The lowest BCUT2D eigenvalue weighted by atomic mass is 10.1. The van der Waals surface area contributed by atoms with Crippen molar-refractivity contribution in [3.8, 4) is 11.5 Å². The Morgan fingerprint density at radius 2 is 1.78 bits per heavy atom. The quantitative estimate of drug-likeness (QED) is 0.944. The number of hydrogen-bond acceptors (Lipinski definition) is 3. The number of H-pyrrole nitrogens is 1. The molecule has 0 aliphatic heterocycles. The van der Waals surface area contributed by atoms with E-state index in [1.807, 2.05) is 25.1 Å². The minimum atomic E-state index is 0.745. The topological polar surface area (TPSA) is 47.1 Å². The molecule has 4 nitrogen and oxygen atoms in total. The van der Waals surface area contributed by atoms with Crippen LogP contribution in [0.5, 0.6) is 11.5 Å². The van der Waals surface area contributed by atoms with E-state index in [4.69, 9.17) is 9.47 Å². The number of rotatable bonds is 4. The molecule has 0 spiro atoms. The fraction of sp³-hybridized carbons (Fsp3) is 0.308. The van der Waals surface area contributed by atoms with Crippen molar-refractivity contribution < 1.29 is 9.47 Å². The Labute approximate surface area is 114 Å². The van der Waals surface area contributed by atoms with Crippen LogP contribution >= 0.6 is 15.9 Å². The monoisotopic (exact) mass is 310 g/mol. The molecule has 1 N–H and O–H groups in total. The van der Waals surface area contributed by atoms with Crippen LogP contribution in [-0.4, -0.2) is 24.2 Å². The predicted octanol–water partition coefficient (Wildman–Crippen LogP) is 3.09. The van der Waals surface area contributed by atoms with Crippen molar-refractivity contribution in [2.24, 2.45) is 0 Å². The first-order chi connectivity index (χ1) is 8.62. The summed E-state index contributed by atoms with van der Waals surface area (Å²) in [6.45, 7) is 1.93. The van der Waals surface area contributed by atoms with Crippen molar-refractivity contribution in [2.45, 2.75) is 13.3 Å². The van der Waals surface area contributed by atoms with Gasteiger partial charge in [0.1, 0.15) is 21.9 Å². The summed E-state index contributed by atoms with van der Waals surface area (Å²) in [5.41, 5.74) is 2.15. The third kappa shape index (κ3) is 2.85. The summed E-state index contributed by atoms with van der Waals surface area (Å²) >= 11 is 3.44. The van der Waals surface area contributed by atoms with Gasteiger partial charge in [-0.25, -0.2) is 4.98 Å². The summed E-state index contributed by atoms with van der Waals surface area (Å²) < 4.78 is 11.4. The first kappa shape index (κ1) is 13.0. The van der Waals surface area contributed by atoms with E-state index in [1.54, 1.807) is 14.2 Å². The van der Waals surface area contributed by atoms with Crippen molar-refractivity contribution in [3.05, 3.63) is 39.9 Å². The lowest BCUT2D eigenvalue weighted by Gasteiger charge is -2.08. The van der Waals surface area contributed by atoms with E-state index in [0.29, 0.717) is 0 Å². The Morgan fingerprint density at radius 3 is 2.22 bits per heavy atom. The van der Waals surface area contributed by atoms with Crippen LogP contribution in [0.25, 0.3) is 0 Å². The molecular formula is C13H15BrN2O2. The number of methoxy groups -OCH3 is 2. The summed E-state index contributed by atoms with van der Waals surface area (Å²) in [6.07, 6.45) is 0.745. The second-order valence-corrected chi connectivity index (χ2v) is 4.74. The molecule has 96 valence electrons. The SMILES string of the molecule is COc1cc(Cc2[nH]c(C)nc2Br)cc(OC)c1. The van der Waals surface area contributed by atoms with Crippen molar-refractivity contribution >= 4 is 15.9 Å². The highest BCUT2D eigenvalue weighted by Crippen LogP contribution is 2.25. The lowest BCUT2D eigenvalue weighted by molar-refractivity contribution is 0.393. The number of aromatic amines is 1. The molecule has 1 heterocycles. The van der Waals surface area contributed by atoms with Gasteiger partial charge in [-0.1, -0.05) is 0 Å². The molecule has 0 fully saturated rings. The largest absolute Gasteiger partial charge is 0.497 e. The average Bonchev–Trinajstić information content (AvgIpc) is 2.67. The van der Waals surface area contributed by atoms with Crippen LogP contribution in [0.2, 0.25) is 0 Å². The Balaban J connectivity index is 2.30. The highest BCUT2D eigenvalue weighted by atomic mass is 79.9. The van der Waals surface area contributed by atoms with E-state index < -0.39 is 0 Å². The molecule has 0 radical (unpaired) electrons. The van der Waals surface area contributed by atoms with Gasteiger partial charge in [0.25, 0.3) is 0 Å². The van der Waals surface area contributed by atoms with Crippen LogP contribution in [0, 0.1) is 6.92 Å². The standard InChI is InChI=1S/C13H15BrN2O2/c1-8-15-12(13(14)16-8)6-9-4-10(17-2)7-11(5-9)18-3/h4-5,7H,6H2,1-3H3,(H,15,16). The number of hydrogen-bond donors (Lipinski definition) is 1. The van der Waals surface area contributed by atoms with E-state index in [-0.39, 0.29) is 0 Å². The molecule has 2 rings (SSSR count). The molecule has 0 aliphatic rings. The second-order valence-electron chi connectivity index (χ2n) is 3.99. The van der Waals surface area contributed by atoms with Crippen molar-refractivity contribution in [2.75, 3.05) is 14.2 Å². The number of aromatic nitrogens is 2. The molecule has 5 heteroatoms. The zero-order valence-electron chi connectivity index (χ0n) is 10.6. The zero-order valence-corrected chi connectivity index (χ0v) is 12.2. The van der Waals surface area contributed by atoms with E-state index in [9.17, 15) is 0 Å². The number of nitrogens with one attached hydrogen (secondary N) is 1. The molecule has 2 aromatic rings. The maximum Gasteiger partial charge on any atom is 0.127 e. The lowest BCUT2D eigenvalue weighted by Crippen LogP contribution is -1.94. The molecule has 0 bridgehead atoms. The van der Waals surface area contributed by atoms with Gasteiger partial charge < -0.3 is 14.5 Å². The number of halogens is 1. The maximum atomic E-state index is 5.25. The molecular weight excluding hydrogens is 296 g/mol. The minimum Gasteiger partial charge on any atom is -0.497 e. The normalized spacial score (nSPS) is 10.4. The van der Waals surface area contributed by atoms with Crippen LogP contribution in [0.4, 0.5) is 0 Å². The van der Waals surface area contributed by atoms with Gasteiger partial charge in [-0.15, -0.1) is 0 Å². The fourth-order valence-corrected chi connectivity index (χ4v) is 2.31. The molecule has 0 amide bonds. The van der Waals surface area contributed by atoms with Gasteiger partial charge in [-0.2, -0.15) is 0 Å². The first-order valence-corrected chi connectivity index (χ1v) is 6.34. The van der Waals surface area contributed by atoms with Crippen molar-refractivity contribution in [1.29, 1.82) is 0 Å². The second kappa shape index (κ2) is 5.44. The van der Waals surface area contributed by atoms with Crippen LogP contribution in [0.3, 0.4) is 0 Å². The Morgan fingerprint density at radius 1 is 1.17 bits per heavy atom. The summed E-state index contributed by atoms with van der Waals surface area (Å²) in [7, 11) is 3.30. The average molecular weight is 311 g/mol. The minimum absolute atomic E-state index is 0.745. The Bertz CT molecular complexity index is 530. The van der Waals surface area contributed by atoms with Gasteiger partial charge in [-0.05, 0) is 40.5 Å². The first-order valence-electron chi connectivity index (χ1n) is 5.55. The summed E-state index contributed by atoms with van der Waals surface area (Å²) in [5, 5.41) is 0. The van der Waals surface area contributed by atoms with Gasteiger partial charge in [-0.3, -0.25) is 0 Å². The molecule has 1 aromatic carbocycles. The number of benzene rings is 1. The summed E-state index contributed by atoms with van der Waals surface area (Å²) in [5.74, 6) is 2.47. The van der Waals surface area contributed by atoms with Gasteiger partial charge in [0.2, 0.25) is 0 Å². The van der Waals surface area contributed by atoms with E-state index in [1.165, 1.54) is 0 Å². The Kier molecular flexibility index (Phi) is 3.91. The fourth-order valence-electron chi connectivity index (χ4n) is 1.80. The van der Waals surface area contributed by atoms with E-state index >= 15 is 0 Å². The van der Waals surface area contributed by atoms with Crippen molar-refractivity contribution in [1.82, 2.24) is 9.97 Å². The smallest absolute Gasteiger partial charge is 0.127 e. The van der Waals surface area contributed by atoms with Crippen LogP contribution in [-0.2, 0) is 6.42 Å². The van der Waals surface area contributed by atoms with Crippen LogP contribution in [0.15, 0.2) is 22.8 Å². The number of imidazole rings is 1. The Hall–Kier alpha value is -1.49. The number of nitrogens with zero attached hydrogens (tertiary/aromatic N) is 1. The third-order valence-corrected chi connectivity index (χ3v) is 3.29. The third-order valence-electron chi connectivity index (χ3n) is 2.64. The maximum absolute atomic E-state index is 5.25. The summed E-state index contributed by atoms with van der Waals surface area (Å²) in [4.78, 5) is 7.52. The highest BCUT2D eigenvalue weighted by Gasteiger charge is 2.08. The van der Waals surface area contributed by atoms with Gasteiger partial charge >= 0.3 is 0 Å². The van der Waals surface area contributed by atoms with Crippen molar-refractivity contribution in [3.63, 3.8) is 0 Å². The molecule has 0 unspecified atom stereocenters. The highest BCUT2D eigenvalue weighted by molar-refractivity contribution is 9.10. The zero-order chi connectivity index (χ0) is 13.1. The number of ether oxygens (including phenoxy) is 2. The van der Waals surface area contributed by atoms with Gasteiger partial charge in [0, 0.05) is 12.5 Å².